The Kier molecular flexibility index (Phi) is 3.17. The van der Waals surface area contributed by atoms with Gasteiger partial charge in [-0.25, -0.2) is 0 Å². The van der Waals surface area contributed by atoms with Gasteiger partial charge in [-0.05, 0) is 17.2 Å². The summed E-state index contributed by atoms with van der Waals surface area (Å²) < 4.78 is 0. The van der Waals surface area contributed by atoms with Crippen molar-refractivity contribution in [2.24, 2.45) is 0 Å². The summed E-state index contributed by atoms with van der Waals surface area (Å²) in [7, 11) is 0. The summed E-state index contributed by atoms with van der Waals surface area (Å²) in [4.78, 5) is 21.1. The first-order chi connectivity index (χ1) is 6.16. The fraction of sp³-hybridized carbons (Fsp3) is 0.111. The van der Waals surface area contributed by atoms with Crippen molar-refractivity contribution in [2.45, 2.75) is 6.10 Å². The fourth-order valence-electron chi connectivity index (χ4n) is 0.989. The molecule has 0 aliphatic rings. The maximum absolute atomic E-state index is 10.6. The van der Waals surface area contributed by atoms with Crippen molar-refractivity contribution in [1.82, 2.24) is 0 Å². The molecule has 0 amide bonds. The second-order valence-electron chi connectivity index (χ2n) is 2.45. The molecule has 1 aromatic rings. The van der Waals surface area contributed by atoms with E-state index < -0.39 is 11.3 Å². The van der Waals surface area contributed by atoms with Gasteiger partial charge in [-0.1, -0.05) is 24.3 Å². The number of aliphatic hydroxyl groups excluding tert-OH is 1. The zero-order chi connectivity index (χ0) is 9.84. The summed E-state index contributed by atoms with van der Waals surface area (Å²) in [5, 5.41) is 8.38. The summed E-state index contributed by atoms with van der Waals surface area (Å²) >= 11 is 5.09. The number of benzene rings is 1. The molecule has 0 spiro atoms. The predicted molar refractivity (Wildman–Crippen MR) is 47.6 cm³/mol. The highest BCUT2D eigenvalue weighted by molar-refractivity contribution is 6.64. The zero-order valence-corrected chi connectivity index (χ0v) is 7.36. The molecule has 4 heteroatoms. The van der Waals surface area contributed by atoms with Crippen LogP contribution in [0.15, 0.2) is 24.3 Å². The highest BCUT2D eigenvalue weighted by atomic mass is 35.5. The molecule has 0 aromatic heterocycles. The van der Waals surface area contributed by atoms with Gasteiger partial charge in [0.15, 0.2) is 6.10 Å². The van der Waals surface area contributed by atoms with E-state index in [0.29, 0.717) is 6.29 Å². The van der Waals surface area contributed by atoms with Crippen molar-refractivity contribution in [2.75, 3.05) is 0 Å². The van der Waals surface area contributed by atoms with E-state index in [1.54, 1.807) is 12.1 Å². The van der Waals surface area contributed by atoms with Crippen LogP contribution in [0.2, 0.25) is 0 Å². The standard InChI is InChI=1S/C9H7ClO3/c10-9(13)8(12)7-4-2-1-3-6(7)5-11/h1-5,8,12H/t8-/m0/s1. The van der Waals surface area contributed by atoms with E-state index in [9.17, 15) is 14.7 Å². The van der Waals surface area contributed by atoms with Crippen molar-refractivity contribution in [3.63, 3.8) is 0 Å². The van der Waals surface area contributed by atoms with E-state index >= 15 is 0 Å². The minimum absolute atomic E-state index is 0.234. The number of hydrogen-bond donors (Lipinski definition) is 1. The van der Waals surface area contributed by atoms with Crippen molar-refractivity contribution < 1.29 is 14.7 Å². The van der Waals surface area contributed by atoms with Crippen LogP contribution in [0.1, 0.15) is 22.0 Å². The number of halogens is 1. The van der Waals surface area contributed by atoms with Crippen molar-refractivity contribution >= 4 is 23.1 Å². The quantitative estimate of drug-likeness (QED) is 0.588. The lowest BCUT2D eigenvalue weighted by atomic mass is 10.0. The Labute approximate surface area is 79.9 Å². The Bertz CT molecular complexity index is 335. The van der Waals surface area contributed by atoms with Gasteiger partial charge in [0.1, 0.15) is 6.29 Å². The molecule has 0 heterocycles. The number of carbonyl (C=O) groups is 2. The van der Waals surface area contributed by atoms with Crippen LogP contribution in [0.25, 0.3) is 0 Å². The molecule has 0 fully saturated rings. The molecule has 1 rings (SSSR count). The van der Waals surface area contributed by atoms with Crippen LogP contribution in [0.4, 0.5) is 0 Å². The van der Waals surface area contributed by atoms with E-state index in [1.165, 1.54) is 12.1 Å². The van der Waals surface area contributed by atoms with Crippen LogP contribution in [-0.4, -0.2) is 16.6 Å². The largest absolute Gasteiger partial charge is 0.379 e. The lowest BCUT2D eigenvalue weighted by molar-refractivity contribution is -0.119. The lowest BCUT2D eigenvalue weighted by Gasteiger charge is -2.07. The number of carbonyl (C=O) groups excluding carboxylic acids is 2. The summed E-state index contributed by atoms with van der Waals surface area (Å²) in [6.07, 6.45) is -0.860. The fourth-order valence-corrected chi connectivity index (χ4v) is 1.11. The van der Waals surface area contributed by atoms with Crippen LogP contribution in [0, 0.1) is 0 Å². The Morgan fingerprint density at radius 3 is 2.62 bits per heavy atom. The van der Waals surface area contributed by atoms with Crippen LogP contribution in [-0.2, 0) is 4.79 Å². The second-order valence-corrected chi connectivity index (χ2v) is 2.83. The molecule has 1 N–H and O–H groups in total. The zero-order valence-electron chi connectivity index (χ0n) is 6.61. The molecule has 68 valence electrons. The van der Waals surface area contributed by atoms with E-state index in [4.69, 9.17) is 11.6 Å². The summed E-state index contributed by atoms with van der Waals surface area (Å²) in [5.74, 6) is 0. The van der Waals surface area contributed by atoms with Crippen LogP contribution in [0.3, 0.4) is 0 Å². The molecule has 0 bridgehead atoms. The van der Waals surface area contributed by atoms with Gasteiger partial charge >= 0.3 is 0 Å². The van der Waals surface area contributed by atoms with Gasteiger partial charge in [0, 0.05) is 5.56 Å². The number of aliphatic hydroxyl groups is 1. The third kappa shape index (κ3) is 2.14. The molecule has 13 heavy (non-hydrogen) atoms. The molecule has 0 aliphatic carbocycles. The minimum Gasteiger partial charge on any atom is -0.379 e. The molecular weight excluding hydrogens is 192 g/mol. The second kappa shape index (κ2) is 4.16. The van der Waals surface area contributed by atoms with Gasteiger partial charge in [0.2, 0.25) is 0 Å². The first-order valence-electron chi connectivity index (χ1n) is 3.58. The van der Waals surface area contributed by atoms with Gasteiger partial charge in [-0.2, -0.15) is 0 Å². The summed E-state index contributed by atoms with van der Waals surface area (Å²) in [6, 6.07) is 6.24. The highest BCUT2D eigenvalue weighted by Gasteiger charge is 2.17. The van der Waals surface area contributed by atoms with Gasteiger partial charge in [0.05, 0.1) is 0 Å². The SMILES string of the molecule is O=Cc1ccccc1[C@H](O)C(=O)Cl. The van der Waals surface area contributed by atoms with Gasteiger partial charge in [-0.15, -0.1) is 0 Å². The monoisotopic (exact) mass is 198 g/mol. The predicted octanol–water partition coefficient (Wildman–Crippen LogP) is 1.30. The van der Waals surface area contributed by atoms with Gasteiger partial charge in [0.25, 0.3) is 5.24 Å². The van der Waals surface area contributed by atoms with E-state index in [1.807, 2.05) is 0 Å². The first kappa shape index (κ1) is 9.89. The maximum atomic E-state index is 10.6. The Morgan fingerprint density at radius 1 is 1.46 bits per heavy atom. The molecule has 0 saturated carbocycles. The Balaban J connectivity index is 3.12. The van der Waals surface area contributed by atoms with Crippen LogP contribution in [0.5, 0.6) is 0 Å². The Hall–Kier alpha value is -1.19. The molecule has 0 unspecified atom stereocenters. The highest BCUT2D eigenvalue weighted by Crippen LogP contribution is 2.18. The van der Waals surface area contributed by atoms with E-state index in [-0.39, 0.29) is 11.1 Å². The van der Waals surface area contributed by atoms with E-state index in [0.717, 1.165) is 0 Å². The van der Waals surface area contributed by atoms with Gasteiger partial charge < -0.3 is 5.11 Å². The maximum Gasteiger partial charge on any atom is 0.254 e. The Morgan fingerprint density at radius 2 is 2.08 bits per heavy atom. The third-order valence-electron chi connectivity index (χ3n) is 1.63. The smallest absolute Gasteiger partial charge is 0.254 e. The summed E-state index contributed by atoms with van der Waals surface area (Å²) in [6.45, 7) is 0. The topological polar surface area (TPSA) is 54.4 Å². The van der Waals surface area contributed by atoms with Crippen molar-refractivity contribution in [3.8, 4) is 0 Å². The molecule has 3 nitrogen and oxygen atoms in total. The minimum atomic E-state index is -1.43. The van der Waals surface area contributed by atoms with Gasteiger partial charge in [-0.3, -0.25) is 9.59 Å². The third-order valence-corrected chi connectivity index (χ3v) is 1.84. The molecule has 0 radical (unpaired) electrons. The molecule has 1 aromatic carbocycles. The summed E-state index contributed by atoms with van der Waals surface area (Å²) in [5.41, 5.74) is 0.501. The van der Waals surface area contributed by atoms with Crippen LogP contribution >= 0.6 is 11.6 Å². The number of rotatable bonds is 3. The van der Waals surface area contributed by atoms with Crippen molar-refractivity contribution in [3.05, 3.63) is 35.4 Å². The molecule has 0 saturated heterocycles. The molecular formula is C9H7ClO3. The normalized spacial score (nSPS) is 12.2. The average molecular weight is 199 g/mol. The van der Waals surface area contributed by atoms with Crippen molar-refractivity contribution in [1.29, 1.82) is 0 Å². The lowest BCUT2D eigenvalue weighted by Crippen LogP contribution is -2.07. The number of hydrogen-bond acceptors (Lipinski definition) is 3. The van der Waals surface area contributed by atoms with Crippen LogP contribution < -0.4 is 0 Å². The average Bonchev–Trinajstić information content (AvgIpc) is 2.16. The van der Waals surface area contributed by atoms with E-state index in [2.05, 4.69) is 0 Å². The number of aldehydes is 1. The first-order valence-corrected chi connectivity index (χ1v) is 3.96. The molecule has 1 atom stereocenters. The molecule has 0 aliphatic heterocycles.